The van der Waals surface area contributed by atoms with Crippen molar-refractivity contribution in [2.45, 2.75) is 6.61 Å². The summed E-state index contributed by atoms with van der Waals surface area (Å²) < 4.78 is 12.3. The Morgan fingerprint density at radius 2 is 1.64 bits per heavy atom. The van der Waals surface area contributed by atoms with Crippen molar-refractivity contribution in [3.05, 3.63) is 105 Å². The Labute approximate surface area is 176 Å². The summed E-state index contributed by atoms with van der Waals surface area (Å²) in [5.41, 5.74) is 3.03. The summed E-state index contributed by atoms with van der Waals surface area (Å²) in [6, 6.07) is 25.1. The molecule has 1 heterocycles. The molecule has 0 fully saturated rings. The molecule has 3 aromatic rings. The first-order valence-corrected chi connectivity index (χ1v) is 9.80. The first-order valence-electron chi connectivity index (χ1n) is 8.73. The van der Waals surface area contributed by atoms with E-state index in [4.69, 9.17) is 9.47 Å². The molecular formula is C23H16INO3. The minimum absolute atomic E-state index is 0.284. The third-order valence-corrected chi connectivity index (χ3v) is 4.86. The lowest BCUT2D eigenvalue weighted by molar-refractivity contribution is -0.129. The predicted octanol–water partition coefficient (Wildman–Crippen LogP) is 5.21. The number of esters is 1. The van der Waals surface area contributed by atoms with E-state index in [1.807, 2.05) is 54.6 Å². The van der Waals surface area contributed by atoms with Crippen LogP contribution < -0.4 is 4.74 Å². The standard InChI is InChI=1S/C23H16INO3/c24-19-10-6-17(7-11-19)15-27-20-12-8-16(9-13-20)14-21-23(26)28-22(25-21)18-4-2-1-3-5-18/h1-14H,15H2/b21-14+. The maximum atomic E-state index is 12.1. The molecule has 1 aliphatic heterocycles. The third-order valence-electron chi connectivity index (χ3n) is 4.14. The predicted molar refractivity (Wildman–Crippen MR) is 117 cm³/mol. The average molecular weight is 481 g/mol. The van der Waals surface area contributed by atoms with Gasteiger partial charge < -0.3 is 9.47 Å². The second-order valence-corrected chi connectivity index (χ2v) is 7.43. The zero-order valence-corrected chi connectivity index (χ0v) is 17.0. The van der Waals surface area contributed by atoms with E-state index in [1.165, 1.54) is 3.57 Å². The number of carbonyl (C=O) groups excluding carboxylic acids is 1. The SMILES string of the molecule is O=C1OC(c2ccccc2)=N/C1=C/c1ccc(OCc2ccc(I)cc2)cc1. The van der Waals surface area contributed by atoms with Crippen LogP contribution in [-0.4, -0.2) is 11.9 Å². The second kappa shape index (κ2) is 8.39. The zero-order valence-electron chi connectivity index (χ0n) is 14.8. The fraction of sp³-hybridized carbons (Fsp3) is 0.0435. The number of rotatable bonds is 5. The summed E-state index contributed by atoms with van der Waals surface area (Å²) >= 11 is 2.28. The molecule has 0 saturated carbocycles. The Bertz CT molecular complexity index is 1040. The lowest BCUT2D eigenvalue weighted by Gasteiger charge is -2.06. The molecule has 28 heavy (non-hydrogen) atoms. The highest BCUT2D eigenvalue weighted by Gasteiger charge is 2.23. The molecular weight excluding hydrogens is 465 g/mol. The van der Waals surface area contributed by atoms with E-state index < -0.39 is 5.97 Å². The van der Waals surface area contributed by atoms with Crippen LogP contribution in [0.15, 0.2) is 89.6 Å². The van der Waals surface area contributed by atoms with Crippen LogP contribution in [0.5, 0.6) is 5.75 Å². The van der Waals surface area contributed by atoms with Crippen molar-refractivity contribution in [3.8, 4) is 5.75 Å². The van der Waals surface area contributed by atoms with Crippen LogP contribution in [0, 0.1) is 3.57 Å². The van der Waals surface area contributed by atoms with E-state index in [1.54, 1.807) is 6.08 Å². The van der Waals surface area contributed by atoms with E-state index in [2.05, 4.69) is 51.8 Å². The van der Waals surface area contributed by atoms with Gasteiger partial charge in [0.25, 0.3) is 0 Å². The van der Waals surface area contributed by atoms with Gasteiger partial charge in [0.1, 0.15) is 12.4 Å². The number of cyclic esters (lactones) is 1. The summed E-state index contributed by atoms with van der Waals surface area (Å²) in [5.74, 6) is 0.649. The van der Waals surface area contributed by atoms with Crippen molar-refractivity contribution >= 4 is 40.5 Å². The Balaban J connectivity index is 1.44. The van der Waals surface area contributed by atoms with Gasteiger partial charge in [0, 0.05) is 9.13 Å². The van der Waals surface area contributed by atoms with Crippen LogP contribution >= 0.6 is 22.6 Å². The summed E-state index contributed by atoms with van der Waals surface area (Å²) in [4.78, 5) is 16.4. The first-order chi connectivity index (χ1) is 13.7. The second-order valence-electron chi connectivity index (χ2n) is 6.19. The number of benzene rings is 3. The third kappa shape index (κ3) is 4.48. The molecule has 4 nitrogen and oxygen atoms in total. The molecule has 138 valence electrons. The summed E-state index contributed by atoms with van der Waals surface area (Å²) in [5, 5.41) is 0. The number of hydrogen-bond acceptors (Lipinski definition) is 4. The molecule has 0 N–H and O–H groups in total. The zero-order chi connectivity index (χ0) is 19.3. The highest BCUT2D eigenvalue weighted by Crippen LogP contribution is 2.21. The molecule has 5 heteroatoms. The number of aliphatic imine (C=N–C) groups is 1. The molecule has 3 aromatic carbocycles. The van der Waals surface area contributed by atoms with E-state index >= 15 is 0 Å². The number of nitrogens with zero attached hydrogens (tertiary/aromatic N) is 1. The van der Waals surface area contributed by atoms with Crippen LogP contribution in [-0.2, 0) is 16.1 Å². The molecule has 0 radical (unpaired) electrons. The molecule has 0 amide bonds. The molecule has 0 unspecified atom stereocenters. The first kappa shape index (κ1) is 18.4. The maximum Gasteiger partial charge on any atom is 0.363 e. The summed E-state index contributed by atoms with van der Waals surface area (Å²) in [6.45, 7) is 0.508. The normalized spacial score (nSPS) is 14.7. The molecule has 1 aliphatic rings. The van der Waals surface area contributed by atoms with Crippen molar-refractivity contribution in [1.82, 2.24) is 0 Å². The minimum atomic E-state index is -0.446. The van der Waals surface area contributed by atoms with Gasteiger partial charge in [0.2, 0.25) is 5.90 Å². The van der Waals surface area contributed by atoms with Crippen LogP contribution in [0.3, 0.4) is 0 Å². The van der Waals surface area contributed by atoms with Gasteiger partial charge >= 0.3 is 5.97 Å². The van der Waals surface area contributed by atoms with Crippen molar-refractivity contribution in [2.75, 3.05) is 0 Å². The Kier molecular flexibility index (Phi) is 5.53. The molecule has 0 saturated heterocycles. The minimum Gasteiger partial charge on any atom is -0.489 e. The lowest BCUT2D eigenvalue weighted by atomic mass is 10.2. The smallest absolute Gasteiger partial charge is 0.363 e. The monoisotopic (exact) mass is 481 g/mol. The molecule has 0 aliphatic carbocycles. The van der Waals surface area contributed by atoms with E-state index in [-0.39, 0.29) is 5.70 Å². The van der Waals surface area contributed by atoms with Crippen molar-refractivity contribution in [1.29, 1.82) is 0 Å². The number of carbonyl (C=O) groups is 1. The van der Waals surface area contributed by atoms with Gasteiger partial charge in [-0.3, -0.25) is 0 Å². The highest BCUT2D eigenvalue weighted by molar-refractivity contribution is 14.1. The highest BCUT2D eigenvalue weighted by atomic mass is 127. The lowest BCUT2D eigenvalue weighted by Crippen LogP contribution is -2.04. The van der Waals surface area contributed by atoms with Gasteiger partial charge in [-0.1, -0.05) is 42.5 Å². The fourth-order valence-corrected chi connectivity index (χ4v) is 3.04. The quantitative estimate of drug-likeness (QED) is 0.286. The number of ether oxygens (including phenoxy) is 2. The van der Waals surface area contributed by atoms with Crippen LogP contribution in [0.4, 0.5) is 0 Å². The number of hydrogen-bond donors (Lipinski definition) is 0. The number of halogens is 1. The van der Waals surface area contributed by atoms with Crippen LogP contribution in [0.2, 0.25) is 0 Å². The molecule has 0 spiro atoms. The van der Waals surface area contributed by atoms with Crippen LogP contribution in [0.1, 0.15) is 16.7 Å². The van der Waals surface area contributed by atoms with Crippen molar-refractivity contribution in [3.63, 3.8) is 0 Å². The molecule has 4 rings (SSSR count). The van der Waals surface area contributed by atoms with Gasteiger partial charge in [-0.25, -0.2) is 9.79 Å². The van der Waals surface area contributed by atoms with Gasteiger partial charge in [-0.05, 0) is 76.2 Å². The average Bonchev–Trinajstić information content (AvgIpc) is 3.10. The largest absolute Gasteiger partial charge is 0.489 e. The Morgan fingerprint density at radius 1 is 0.929 bits per heavy atom. The molecule has 0 atom stereocenters. The van der Waals surface area contributed by atoms with Crippen LogP contribution in [0.25, 0.3) is 6.08 Å². The van der Waals surface area contributed by atoms with Gasteiger partial charge in [-0.15, -0.1) is 0 Å². The van der Waals surface area contributed by atoms with Gasteiger partial charge in [0.05, 0.1) is 0 Å². The maximum absolute atomic E-state index is 12.1. The summed E-state index contributed by atoms with van der Waals surface area (Å²) in [7, 11) is 0. The van der Waals surface area contributed by atoms with Gasteiger partial charge in [0.15, 0.2) is 5.70 Å². The van der Waals surface area contributed by atoms with Gasteiger partial charge in [-0.2, -0.15) is 0 Å². The fourth-order valence-electron chi connectivity index (χ4n) is 2.68. The topological polar surface area (TPSA) is 47.9 Å². The Morgan fingerprint density at radius 3 is 2.36 bits per heavy atom. The van der Waals surface area contributed by atoms with E-state index in [0.29, 0.717) is 12.5 Å². The molecule has 0 aromatic heterocycles. The van der Waals surface area contributed by atoms with Crippen molar-refractivity contribution in [2.24, 2.45) is 4.99 Å². The summed E-state index contributed by atoms with van der Waals surface area (Å²) in [6.07, 6.45) is 1.71. The molecule has 0 bridgehead atoms. The van der Waals surface area contributed by atoms with E-state index in [9.17, 15) is 4.79 Å². The Hall–Kier alpha value is -2.93. The van der Waals surface area contributed by atoms with Crippen molar-refractivity contribution < 1.29 is 14.3 Å². The van der Waals surface area contributed by atoms with E-state index in [0.717, 1.165) is 22.4 Å².